The standard InChI is InChI=1S/C15H23N3O5/c1-10(2)8-23-9-13(19)7-16-15(20)17-12-5-4-11(3)14(6-12)18(21)22/h4-6,10,13,19H,7-9H2,1-3H3,(H2,16,17,20). The van der Waals surface area contributed by atoms with E-state index in [1.54, 1.807) is 19.1 Å². The van der Waals surface area contributed by atoms with Crippen LogP contribution in [0.3, 0.4) is 0 Å². The maximum absolute atomic E-state index is 11.7. The highest BCUT2D eigenvalue weighted by atomic mass is 16.6. The minimum atomic E-state index is -0.813. The van der Waals surface area contributed by atoms with Gasteiger partial charge < -0.3 is 20.5 Å². The van der Waals surface area contributed by atoms with Crippen molar-refractivity contribution in [2.45, 2.75) is 26.9 Å². The van der Waals surface area contributed by atoms with Gasteiger partial charge in [-0.25, -0.2) is 4.79 Å². The highest BCUT2D eigenvalue weighted by Gasteiger charge is 2.13. The molecule has 0 bridgehead atoms. The van der Waals surface area contributed by atoms with Crippen molar-refractivity contribution < 1.29 is 19.6 Å². The predicted molar refractivity (Wildman–Crippen MR) is 86.5 cm³/mol. The fourth-order valence-corrected chi connectivity index (χ4v) is 1.77. The lowest BCUT2D eigenvalue weighted by Gasteiger charge is -2.14. The number of hydrogen-bond acceptors (Lipinski definition) is 5. The summed E-state index contributed by atoms with van der Waals surface area (Å²) in [5.41, 5.74) is 0.758. The molecule has 0 fully saturated rings. The fourth-order valence-electron chi connectivity index (χ4n) is 1.77. The number of urea groups is 1. The smallest absolute Gasteiger partial charge is 0.319 e. The molecule has 0 saturated heterocycles. The molecule has 128 valence electrons. The summed E-state index contributed by atoms with van der Waals surface area (Å²) in [7, 11) is 0. The van der Waals surface area contributed by atoms with Crippen molar-refractivity contribution in [2.24, 2.45) is 5.92 Å². The molecular weight excluding hydrogens is 302 g/mol. The van der Waals surface area contributed by atoms with E-state index in [1.165, 1.54) is 6.07 Å². The quantitative estimate of drug-likeness (QED) is 0.500. The zero-order chi connectivity index (χ0) is 17.4. The number of hydrogen-bond donors (Lipinski definition) is 3. The third-order valence-corrected chi connectivity index (χ3v) is 2.92. The molecule has 0 radical (unpaired) electrons. The van der Waals surface area contributed by atoms with E-state index in [4.69, 9.17) is 4.74 Å². The number of aliphatic hydroxyl groups is 1. The van der Waals surface area contributed by atoms with E-state index in [-0.39, 0.29) is 18.8 Å². The van der Waals surface area contributed by atoms with Gasteiger partial charge in [-0.1, -0.05) is 19.9 Å². The number of benzene rings is 1. The van der Waals surface area contributed by atoms with Gasteiger partial charge in [0.15, 0.2) is 0 Å². The first kappa shape index (κ1) is 18.9. The molecule has 8 heteroatoms. The molecule has 0 aliphatic carbocycles. The van der Waals surface area contributed by atoms with E-state index in [2.05, 4.69) is 10.6 Å². The lowest BCUT2D eigenvalue weighted by molar-refractivity contribution is -0.385. The minimum absolute atomic E-state index is 0.0257. The van der Waals surface area contributed by atoms with Gasteiger partial charge in [0.25, 0.3) is 5.69 Å². The van der Waals surface area contributed by atoms with Gasteiger partial charge in [0.05, 0.1) is 17.6 Å². The highest BCUT2D eigenvalue weighted by molar-refractivity contribution is 5.89. The summed E-state index contributed by atoms with van der Waals surface area (Å²) in [4.78, 5) is 22.1. The maximum Gasteiger partial charge on any atom is 0.319 e. The second kappa shape index (κ2) is 9.06. The predicted octanol–water partition coefficient (Wildman–Crippen LogP) is 2.06. The first-order chi connectivity index (χ1) is 10.8. The number of carbonyl (C=O) groups excluding carboxylic acids is 1. The SMILES string of the molecule is Cc1ccc(NC(=O)NCC(O)COCC(C)C)cc1[N+](=O)[O-]. The van der Waals surface area contributed by atoms with Crippen LogP contribution in [-0.4, -0.2) is 41.9 Å². The van der Waals surface area contributed by atoms with Crippen molar-refractivity contribution in [1.29, 1.82) is 0 Å². The molecule has 0 saturated carbocycles. The number of carbonyl (C=O) groups is 1. The van der Waals surface area contributed by atoms with Gasteiger partial charge in [-0.05, 0) is 18.9 Å². The van der Waals surface area contributed by atoms with Gasteiger partial charge in [0.2, 0.25) is 0 Å². The van der Waals surface area contributed by atoms with Crippen LogP contribution in [0, 0.1) is 23.0 Å². The van der Waals surface area contributed by atoms with Crippen LogP contribution in [0.4, 0.5) is 16.2 Å². The summed E-state index contributed by atoms with van der Waals surface area (Å²) in [5, 5.41) is 25.5. The molecule has 1 aromatic carbocycles. The molecule has 1 aromatic rings. The number of aliphatic hydroxyl groups excluding tert-OH is 1. The Kier molecular flexibility index (Phi) is 7.43. The van der Waals surface area contributed by atoms with Gasteiger partial charge in [-0.3, -0.25) is 10.1 Å². The first-order valence-corrected chi connectivity index (χ1v) is 7.35. The van der Waals surface area contributed by atoms with E-state index in [0.717, 1.165) is 0 Å². The Morgan fingerprint density at radius 2 is 2.09 bits per heavy atom. The zero-order valence-electron chi connectivity index (χ0n) is 13.5. The van der Waals surface area contributed by atoms with Crippen molar-refractivity contribution in [3.63, 3.8) is 0 Å². The first-order valence-electron chi connectivity index (χ1n) is 7.35. The van der Waals surface area contributed by atoms with Crippen LogP contribution in [0.2, 0.25) is 0 Å². The monoisotopic (exact) mass is 325 g/mol. The number of nitro benzene ring substituents is 1. The van der Waals surface area contributed by atoms with Crippen molar-refractivity contribution in [3.8, 4) is 0 Å². The minimum Gasteiger partial charge on any atom is -0.389 e. The summed E-state index contributed by atoms with van der Waals surface area (Å²) < 4.78 is 5.27. The number of nitrogens with one attached hydrogen (secondary N) is 2. The molecule has 1 atom stereocenters. The molecule has 1 unspecified atom stereocenters. The van der Waals surface area contributed by atoms with Crippen molar-refractivity contribution in [2.75, 3.05) is 25.1 Å². The van der Waals surface area contributed by atoms with Crippen LogP contribution < -0.4 is 10.6 Å². The van der Waals surface area contributed by atoms with Crippen LogP contribution >= 0.6 is 0 Å². The summed E-state index contributed by atoms with van der Waals surface area (Å²) in [6.45, 7) is 6.32. The second-order valence-corrected chi connectivity index (χ2v) is 5.68. The molecule has 8 nitrogen and oxygen atoms in total. The van der Waals surface area contributed by atoms with Crippen molar-refractivity contribution in [3.05, 3.63) is 33.9 Å². The van der Waals surface area contributed by atoms with E-state index in [9.17, 15) is 20.0 Å². The zero-order valence-corrected chi connectivity index (χ0v) is 13.5. The van der Waals surface area contributed by atoms with Gasteiger partial charge in [-0.2, -0.15) is 0 Å². The molecule has 0 aliphatic heterocycles. The van der Waals surface area contributed by atoms with E-state index in [0.29, 0.717) is 23.8 Å². The number of aryl methyl sites for hydroxylation is 1. The topological polar surface area (TPSA) is 114 Å². The van der Waals surface area contributed by atoms with Crippen molar-refractivity contribution in [1.82, 2.24) is 5.32 Å². The lowest BCUT2D eigenvalue weighted by Crippen LogP contribution is -2.37. The fraction of sp³-hybridized carbons (Fsp3) is 0.533. The Morgan fingerprint density at radius 1 is 1.39 bits per heavy atom. The van der Waals surface area contributed by atoms with Crippen LogP contribution in [0.15, 0.2) is 18.2 Å². The van der Waals surface area contributed by atoms with Crippen LogP contribution in [0.5, 0.6) is 0 Å². The van der Waals surface area contributed by atoms with E-state index < -0.39 is 17.1 Å². The summed E-state index contributed by atoms with van der Waals surface area (Å²) >= 11 is 0. The van der Waals surface area contributed by atoms with Gasteiger partial charge in [-0.15, -0.1) is 0 Å². The Labute approximate surface area is 135 Å². The number of anilines is 1. The van der Waals surface area contributed by atoms with Crippen LogP contribution in [-0.2, 0) is 4.74 Å². The average molecular weight is 325 g/mol. The molecule has 23 heavy (non-hydrogen) atoms. The molecule has 3 N–H and O–H groups in total. The Hall–Kier alpha value is -2.19. The number of nitro groups is 1. The van der Waals surface area contributed by atoms with E-state index in [1.807, 2.05) is 13.8 Å². The molecule has 2 amide bonds. The number of amides is 2. The molecule has 0 aliphatic rings. The molecule has 0 heterocycles. The lowest BCUT2D eigenvalue weighted by atomic mass is 10.2. The highest BCUT2D eigenvalue weighted by Crippen LogP contribution is 2.22. The largest absolute Gasteiger partial charge is 0.389 e. The van der Waals surface area contributed by atoms with Gasteiger partial charge in [0.1, 0.15) is 0 Å². The molecule has 1 rings (SSSR count). The maximum atomic E-state index is 11.7. The number of rotatable bonds is 8. The van der Waals surface area contributed by atoms with Crippen molar-refractivity contribution >= 4 is 17.4 Å². The Bertz CT molecular complexity index is 548. The molecule has 0 aromatic heterocycles. The Morgan fingerprint density at radius 3 is 2.70 bits per heavy atom. The van der Waals surface area contributed by atoms with Gasteiger partial charge >= 0.3 is 6.03 Å². The summed E-state index contributed by atoms with van der Waals surface area (Å²) in [6, 6.07) is 3.87. The third kappa shape index (κ3) is 7.07. The normalized spacial score (nSPS) is 12.0. The Balaban J connectivity index is 2.42. The van der Waals surface area contributed by atoms with Crippen LogP contribution in [0.1, 0.15) is 19.4 Å². The molecular formula is C15H23N3O5. The third-order valence-electron chi connectivity index (χ3n) is 2.92. The van der Waals surface area contributed by atoms with Gasteiger partial charge in [0, 0.05) is 30.5 Å². The van der Waals surface area contributed by atoms with Crippen LogP contribution in [0.25, 0.3) is 0 Å². The number of ether oxygens (including phenoxy) is 1. The average Bonchev–Trinajstić information content (AvgIpc) is 2.46. The number of nitrogens with zero attached hydrogens (tertiary/aromatic N) is 1. The molecule has 0 spiro atoms. The van der Waals surface area contributed by atoms with E-state index >= 15 is 0 Å². The summed E-state index contributed by atoms with van der Waals surface area (Å²) in [6.07, 6.45) is -0.813. The summed E-state index contributed by atoms with van der Waals surface area (Å²) in [5.74, 6) is 0.371. The second-order valence-electron chi connectivity index (χ2n) is 5.68.